The summed E-state index contributed by atoms with van der Waals surface area (Å²) in [6.45, 7) is -0.331. The van der Waals surface area contributed by atoms with Gasteiger partial charge in [-0.25, -0.2) is 4.39 Å². The maximum absolute atomic E-state index is 13.6. The molecule has 0 spiro atoms. The number of likely N-dealkylation sites (tertiary alicyclic amines) is 1. The number of hydrogen-bond acceptors (Lipinski definition) is 2. The van der Waals surface area contributed by atoms with Gasteiger partial charge in [0, 0.05) is 25.1 Å². The summed E-state index contributed by atoms with van der Waals surface area (Å²) in [4.78, 5) is 23.8. The summed E-state index contributed by atoms with van der Waals surface area (Å²) in [7, 11) is 0. The van der Waals surface area contributed by atoms with Crippen LogP contribution in [0.2, 0.25) is 0 Å². The van der Waals surface area contributed by atoms with Gasteiger partial charge in [0.1, 0.15) is 5.82 Å². The molecule has 2 rings (SSSR count). The number of carbonyl (C=O) groups excluding carboxylic acids is 2. The summed E-state index contributed by atoms with van der Waals surface area (Å²) < 4.78 is 51.4. The van der Waals surface area contributed by atoms with Gasteiger partial charge in [0.25, 0.3) is 0 Å². The SMILES string of the molecule is NC(=O)C1CC(=O)N(Cc2cc(C(F)(F)F)ccc2F)C1. The predicted molar refractivity (Wildman–Crippen MR) is 64.1 cm³/mol. The molecule has 0 saturated carbocycles. The van der Waals surface area contributed by atoms with E-state index in [0.29, 0.717) is 18.2 Å². The van der Waals surface area contributed by atoms with Crippen molar-refractivity contribution in [2.75, 3.05) is 6.54 Å². The Bertz CT molecular complexity index is 586. The summed E-state index contributed by atoms with van der Waals surface area (Å²) in [6, 6.07) is 2.02. The highest BCUT2D eigenvalue weighted by molar-refractivity contribution is 5.88. The molecule has 21 heavy (non-hydrogen) atoms. The number of carbonyl (C=O) groups is 2. The fourth-order valence-electron chi connectivity index (χ4n) is 2.19. The van der Waals surface area contributed by atoms with Crippen molar-refractivity contribution in [2.45, 2.75) is 19.1 Å². The van der Waals surface area contributed by atoms with Gasteiger partial charge in [-0.15, -0.1) is 0 Å². The monoisotopic (exact) mass is 304 g/mol. The Morgan fingerprint density at radius 2 is 2.05 bits per heavy atom. The lowest BCUT2D eigenvalue weighted by atomic mass is 10.1. The van der Waals surface area contributed by atoms with E-state index in [0.717, 1.165) is 4.90 Å². The Morgan fingerprint density at radius 3 is 2.57 bits per heavy atom. The third-order valence-corrected chi connectivity index (χ3v) is 3.35. The van der Waals surface area contributed by atoms with Crippen molar-refractivity contribution in [3.05, 3.63) is 35.1 Å². The number of rotatable bonds is 3. The highest BCUT2D eigenvalue weighted by atomic mass is 19.4. The molecule has 2 amide bonds. The molecule has 2 N–H and O–H groups in total. The summed E-state index contributed by atoms with van der Waals surface area (Å²) in [5.41, 5.74) is 3.85. The van der Waals surface area contributed by atoms with Gasteiger partial charge in [-0.1, -0.05) is 0 Å². The van der Waals surface area contributed by atoms with Gasteiger partial charge in [-0.05, 0) is 18.2 Å². The van der Waals surface area contributed by atoms with Crippen LogP contribution in [0.25, 0.3) is 0 Å². The van der Waals surface area contributed by atoms with Crippen LogP contribution in [0, 0.1) is 11.7 Å². The lowest BCUT2D eigenvalue weighted by Crippen LogP contribution is -2.28. The van der Waals surface area contributed by atoms with Crippen LogP contribution in [0.15, 0.2) is 18.2 Å². The molecule has 1 aliphatic heterocycles. The van der Waals surface area contributed by atoms with Gasteiger partial charge in [0.2, 0.25) is 11.8 Å². The Hall–Kier alpha value is -2.12. The van der Waals surface area contributed by atoms with Crippen molar-refractivity contribution in [1.82, 2.24) is 4.90 Å². The van der Waals surface area contributed by atoms with Crippen LogP contribution in [0.4, 0.5) is 17.6 Å². The fraction of sp³-hybridized carbons (Fsp3) is 0.385. The second kappa shape index (κ2) is 5.34. The third-order valence-electron chi connectivity index (χ3n) is 3.35. The Morgan fingerprint density at radius 1 is 1.38 bits per heavy atom. The number of nitrogens with zero attached hydrogens (tertiary/aromatic N) is 1. The Kier molecular flexibility index (Phi) is 3.89. The Balaban J connectivity index is 2.20. The molecule has 0 radical (unpaired) electrons. The zero-order valence-electron chi connectivity index (χ0n) is 10.8. The van der Waals surface area contributed by atoms with Crippen LogP contribution < -0.4 is 5.73 Å². The van der Waals surface area contributed by atoms with E-state index in [-0.39, 0.29) is 25.1 Å². The topological polar surface area (TPSA) is 63.4 Å². The van der Waals surface area contributed by atoms with Crippen molar-refractivity contribution in [1.29, 1.82) is 0 Å². The summed E-state index contributed by atoms with van der Waals surface area (Å²) in [6.07, 6.45) is -4.69. The molecular formula is C13H12F4N2O2. The number of alkyl halides is 3. The smallest absolute Gasteiger partial charge is 0.369 e. The van der Waals surface area contributed by atoms with Gasteiger partial charge < -0.3 is 10.6 Å². The van der Waals surface area contributed by atoms with Crippen molar-refractivity contribution in [3.8, 4) is 0 Å². The molecule has 1 fully saturated rings. The molecule has 1 heterocycles. The van der Waals surface area contributed by atoms with Crippen LogP contribution in [0.5, 0.6) is 0 Å². The molecule has 1 aromatic carbocycles. The van der Waals surface area contributed by atoms with Gasteiger partial charge >= 0.3 is 6.18 Å². The van der Waals surface area contributed by atoms with Gasteiger partial charge in [0.15, 0.2) is 0 Å². The molecule has 0 aromatic heterocycles. The van der Waals surface area contributed by atoms with E-state index >= 15 is 0 Å². The predicted octanol–water partition coefficient (Wildman–Crippen LogP) is 1.68. The van der Waals surface area contributed by atoms with E-state index in [9.17, 15) is 27.2 Å². The minimum atomic E-state index is -4.59. The largest absolute Gasteiger partial charge is 0.416 e. The first-order chi connectivity index (χ1) is 9.68. The maximum atomic E-state index is 13.6. The molecule has 1 saturated heterocycles. The number of nitrogens with two attached hydrogens (primary N) is 1. The van der Waals surface area contributed by atoms with Crippen LogP contribution in [0.3, 0.4) is 0 Å². The average molecular weight is 304 g/mol. The third kappa shape index (κ3) is 3.32. The summed E-state index contributed by atoms with van der Waals surface area (Å²) in [5.74, 6) is -2.62. The van der Waals surface area contributed by atoms with E-state index in [1.165, 1.54) is 0 Å². The van der Waals surface area contributed by atoms with Gasteiger partial charge in [0.05, 0.1) is 11.5 Å². The maximum Gasteiger partial charge on any atom is 0.416 e. The van der Waals surface area contributed by atoms with Crippen molar-refractivity contribution < 1.29 is 27.2 Å². The molecule has 114 valence electrons. The molecule has 4 nitrogen and oxygen atoms in total. The zero-order valence-corrected chi connectivity index (χ0v) is 10.8. The van der Waals surface area contributed by atoms with E-state index < -0.39 is 35.3 Å². The summed E-state index contributed by atoms with van der Waals surface area (Å²) >= 11 is 0. The lowest BCUT2D eigenvalue weighted by molar-refractivity contribution is -0.137. The van der Waals surface area contributed by atoms with Crippen molar-refractivity contribution >= 4 is 11.8 Å². The van der Waals surface area contributed by atoms with Crippen LogP contribution in [-0.4, -0.2) is 23.3 Å². The standard InChI is InChI=1S/C13H12F4N2O2/c14-10-2-1-9(13(15,16)17)3-7(10)5-19-6-8(12(18)21)4-11(19)20/h1-3,8H,4-6H2,(H2,18,21). The molecule has 8 heteroatoms. The van der Waals surface area contributed by atoms with Crippen molar-refractivity contribution in [3.63, 3.8) is 0 Å². The van der Waals surface area contributed by atoms with E-state index in [4.69, 9.17) is 5.73 Å². The molecular weight excluding hydrogens is 292 g/mol. The van der Waals surface area contributed by atoms with E-state index in [2.05, 4.69) is 0 Å². The zero-order chi connectivity index (χ0) is 15.8. The lowest BCUT2D eigenvalue weighted by Gasteiger charge is -2.17. The molecule has 1 aromatic rings. The van der Waals surface area contributed by atoms with E-state index in [1.807, 2.05) is 0 Å². The molecule has 1 atom stereocenters. The second-order valence-electron chi connectivity index (χ2n) is 4.88. The van der Waals surface area contributed by atoms with Crippen LogP contribution in [0.1, 0.15) is 17.5 Å². The van der Waals surface area contributed by atoms with Crippen LogP contribution >= 0.6 is 0 Å². The number of primary amides is 1. The first-order valence-electron chi connectivity index (χ1n) is 6.11. The molecule has 1 unspecified atom stereocenters. The first kappa shape index (κ1) is 15.3. The van der Waals surface area contributed by atoms with Crippen LogP contribution in [-0.2, 0) is 22.3 Å². The quantitative estimate of drug-likeness (QED) is 0.864. The number of halogens is 4. The summed E-state index contributed by atoms with van der Waals surface area (Å²) in [5, 5.41) is 0. The first-order valence-corrected chi connectivity index (χ1v) is 6.11. The number of benzene rings is 1. The molecule has 0 bridgehead atoms. The molecule has 0 aliphatic carbocycles. The number of hydrogen-bond donors (Lipinski definition) is 1. The highest BCUT2D eigenvalue weighted by Gasteiger charge is 2.35. The molecule has 1 aliphatic rings. The normalized spacial score (nSPS) is 19.1. The fourth-order valence-corrected chi connectivity index (χ4v) is 2.19. The van der Waals surface area contributed by atoms with Gasteiger partial charge in [-0.3, -0.25) is 9.59 Å². The van der Waals surface area contributed by atoms with Gasteiger partial charge in [-0.2, -0.15) is 13.2 Å². The average Bonchev–Trinajstić information content (AvgIpc) is 2.72. The van der Waals surface area contributed by atoms with E-state index in [1.54, 1.807) is 0 Å². The minimum absolute atomic E-state index is 0.0101. The highest BCUT2D eigenvalue weighted by Crippen LogP contribution is 2.31. The Labute approximate surface area is 117 Å². The minimum Gasteiger partial charge on any atom is -0.369 e. The second-order valence-corrected chi connectivity index (χ2v) is 4.88. The number of amides is 2. The van der Waals surface area contributed by atoms with Crippen molar-refractivity contribution in [2.24, 2.45) is 11.7 Å².